The lowest BCUT2D eigenvalue weighted by Crippen LogP contribution is -2.09. The van der Waals surface area contributed by atoms with Crippen molar-refractivity contribution in [3.63, 3.8) is 0 Å². The highest BCUT2D eigenvalue weighted by atomic mass is 19.1. The maximum atomic E-state index is 12.8. The fourth-order valence-electron chi connectivity index (χ4n) is 1.56. The van der Waals surface area contributed by atoms with Gasteiger partial charge < -0.3 is 5.73 Å². The molecule has 2 rings (SSSR count). The van der Waals surface area contributed by atoms with E-state index in [-0.39, 0.29) is 11.5 Å². The van der Waals surface area contributed by atoms with Crippen molar-refractivity contribution >= 4 is 5.69 Å². The molecule has 1 saturated carbocycles. The number of nitrogen functional groups attached to an aromatic ring is 1. The molecule has 0 unspecified atom stereocenters. The third-order valence-corrected chi connectivity index (χ3v) is 2.60. The van der Waals surface area contributed by atoms with Crippen molar-refractivity contribution in [2.75, 3.05) is 5.73 Å². The minimum absolute atomic E-state index is 0.277. The molecule has 64 valence electrons. The minimum atomic E-state index is -0.307. The number of rotatable bonds is 1. The molecule has 2 N–H and O–H groups in total. The molecule has 0 amide bonds. The van der Waals surface area contributed by atoms with Gasteiger partial charge in [-0.1, -0.05) is 12.5 Å². The van der Waals surface area contributed by atoms with E-state index in [0.29, 0.717) is 5.92 Å². The highest BCUT2D eigenvalue weighted by Gasteiger charge is 2.19. The zero-order valence-electron chi connectivity index (χ0n) is 6.89. The number of nitrogens with two attached hydrogens (primary N) is 1. The fraction of sp³-hybridized carbons (Fsp3) is 0.400. The standard InChI is InChI=1S/C10H12FN/c11-9-5-4-8(6-10(9)12)7-2-1-3-7/h4-7H,1-3,12H2. The van der Waals surface area contributed by atoms with Crippen LogP contribution in [0.4, 0.5) is 10.1 Å². The van der Waals surface area contributed by atoms with Crippen LogP contribution in [-0.2, 0) is 0 Å². The van der Waals surface area contributed by atoms with Crippen molar-refractivity contribution in [1.82, 2.24) is 0 Å². The van der Waals surface area contributed by atoms with E-state index in [2.05, 4.69) is 0 Å². The van der Waals surface area contributed by atoms with Crippen LogP contribution < -0.4 is 5.73 Å². The molecule has 0 bridgehead atoms. The summed E-state index contributed by atoms with van der Waals surface area (Å²) in [4.78, 5) is 0. The SMILES string of the molecule is Nc1cc(C2CCC2)ccc1F. The van der Waals surface area contributed by atoms with E-state index < -0.39 is 0 Å². The number of anilines is 1. The second-order valence-electron chi connectivity index (χ2n) is 3.41. The van der Waals surface area contributed by atoms with Gasteiger partial charge >= 0.3 is 0 Å². The number of benzene rings is 1. The van der Waals surface area contributed by atoms with Gasteiger partial charge in [0.25, 0.3) is 0 Å². The van der Waals surface area contributed by atoms with Crippen molar-refractivity contribution in [1.29, 1.82) is 0 Å². The Morgan fingerprint density at radius 3 is 2.58 bits per heavy atom. The van der Waals surface area contributed by atoms with Gasteiger partial charge in [0.05, 0.1) is 5.69 Å². The third kappa shape index (κ3) is 1.17. The van der Waals surface area contributed by atoms with Crippen LogP contribution in [0, 0.1) is 5.82 Å². The first kappa shape index (κ1) is 7.59. The first-order valence-corrected chi connectivity index (χ1v) is 4.32. The maximum absolute atomic E-state index is 12.8. The second-order valence-corrected chi connectivity index (χ2v) is 3.41. The number of halogens is 1. The lowest BCUT2D eigenvalue weighted by molar-refractivity contribution is 0.419. The van der Waals surface area contributed by atoms with E-state index in [9.17, 15) is 4.39 Å². The minimum Gasteiger partial charge on any atom is -0.396 e. The summed E-state index contributed by atoms with van der Waals surface area (Å²) in [5, 5.41) is 0. The molecule has 12 heavy (non-hydrogen) atoms. The zero-order chi connectivity index (χ0) is 8.55. The predicted molar refractivity (Wildman–Crippen MR) is 47.4 cm³/mol. The van der Waals surface area contributed by atoms with Gasteiger partial charge in [-0.25, -0.2) is 4.39 Å². The molecule has 0 atom stereocenters. The van der Waals surface area contributed by atoms with Crippen LogP contribution in [0.3, 0.4) is 0 Å². The first-order valence-electron chi connectivity index (χ1n) is 4.32. The zero-order valence-corrected chi connectivity index (χ0v) is 6.89. The van der Waals surface area contributed by atoms with E-state index in [1.807, 2.05) is 6.07 Å². The third-order valence-electron chi connectivity index (χ3n) is 2.60. The van der Waals surface area contributed by atoms with Crippen LogP contribution in [0.15, 0.2) is 18.2 Å². The summed E-state index contributed by atoms with van der Waals surface area (Å²) in [6.07, 6.45) is 3.75. The molecule has 1 nitrogen and oxygen atoms in total. The van der Waals surface area contributed by atoms with Gasteiger partial charge in [0, 0.05) is 0 Å². The van der Waals surface area contributed by atoms with Crippen LogP contribution in [0.5, 0.6) is 0 Å². The molecule has 1 fully saturated rings. The van der Waals surface area contributed by atoms with Gasteiger partial charge in [-0.2, -0.15) is 0 Å². The van der Waals surface area contributed by atoms with Crippen molar-refractivity contribution in [2.24, 2.45) is 0 Å². The molecule has 1 aromatic rings. The molecular formula is C10H12FN. The van der Waals surface area contributed by atoms with Crippen LogP contribution in [0.25, 0.3) is 0 Å². The highest BCUT2D eigenvalue weighted by molar-refractivity contribution is 5.43. The smallest absolute Gasteiger partial charge is 0.146 e. The average molecular weight is 165 g/mol. The molecular weight excluding hydrogens is 153 g/mol. The van der Waals surface area contributed by atoms with Gasteiger partial charge in [0.15, 0.2) is 0 Å². The molecule has 0 saturated heterocycles. The van der Waals surface area contributed by atoms with Gasteiger partial charge in [0.2, 0.25) is 0 Å². The predicted octanol–water partition coefficient (Wildman–Crippen LogP) is 2.68. The summed E-state index contributed by atoms with van der Waals surface area (Å²) in [7, 11) is 0. The molecule has 0 radical (unpaired) electrons. The maximum Gasteiger partial charge on any atom is 0.146 e. The summed E-state index contributed by atoms with van der Waals surface area (Å²) < 4.78 is 12.8. The van der Waals surface area contributed by atoms with Gasteiger partial charge in [-0.05, 0) is 36.5 Å². The van der Waals surface area contributed by atoms with Crippen LogP contribution >= 0.6 is 0 Å². The summed E-state index contributed by atoms with van der Waals surface area (Å²) in [6, 6.07) is 5.07. The first-order chi connectivity index (χ1) is 5.77. The summed E-state index contributed by atoms with van der Waals surface area (Å²) in [5.74, 6) is 0.325. The van der Waals surface area contributed by atoms with E-state index >= 15 is 0 Å². The Hall–Kier alpha value is -1.05. The Bertz CT molecular complexity index is 292. The van der Waals surface area contributed by atoms with E-state index in [0.717, 1.165) is 0 Å². The van der Waals surface area contributed by atoms with Gasteiger partial charge in [-0.3, -0.25) is 0 Å². The molecule has 2 heteroatoms. The molecule has 0 aromatic heterocycles. The Morgan fingerprint density at radius 2 is 2.08 bits per heavy atom. The second kappa shape index (κ2) is 2.77. The summed E-state index contributed by atoms with van der Waals surface area (Å²) >= 11 is 0. The quantitative estimate of drug-likeness (QED) is 0.636. The number of hydrogen-bond donors (Lipinski definition) is 1. The van der Waals surface area contributed by atoms with E-state index in [1.54, 1.807) is 6.07 Å². The Labute approximate surface area is 71.4 Å². The van der Waals surface area contributed by atoms with Crippen LogP contribution in [0.2, 0.25) is 0 Å². The lowest BCUT2D eigenvalue weighted by atomic mass is 9.80. The lowest BCUT2D eigenvalue weighted by Gasteiger charge is -2.25. The van der Waals surface area contributed by atoms with E-state index in [4.69, 9.17) is 5.73 Å². The molecule has 0 spiro atoms. The highest BCUT2D eigenvalue weighted by Crippen LogP contribution is 2.37. The molecule has 0 aliphatic heterocycles. The van der Waals surface area contributed by atoms with Crippen molar-refractivity contribution in [2.45, 2.75) is 25.2 Å². The Kier molecular flexibility index (Phi) is 1.75. The molecule has 1 aliphatic rings. The van der Waals surface area contributed by atoms with Gasteiger partial charge in [-0.15, -0.1) is 0 Å². The van der Waals surface area contributed by atoms with Crippen molar-refractivity contribution < 1.29 is 4.39 Å². The van der Waals surface area contributed by atoms with E-state index in [1.165, 1.54) is 30.9 Å². The van der Waals surface area contributed by atoms with Crippen molar-refractivity contribution in [3.8, 4) is 0 Å². The largest absolute Gasteiger partial charge is 0.396 e. The van der Waals surface area contributed by atoms with Gasteiger partial charge in [0.1, 0.15) is 5.82 Å². The van der Waals surface area contributed by atoms with Crippen LogP contribution in [-0.4, -0.2) is 0 Å². The molecule has 1 aliphatic carbocycles. The topological polar surface area (TPSA) is 26.0 Å². The normalized spacial score (nSPS) is 17.4. The summed E-state index contributed by atoms with van der Waals surface area (Å²) in [6.45, 7) is 0. The Morgan fingerprint density at radius 1 is 1.33 bits per heavy atom. The average Bonchev–Trinajstić information content (AvgIpc) is 1.93. The Balaban J connectivity index is 2.27. The summed E-state index contributed by atoms with van der Waals surface area (Å²) in [5.41, 5.74) is 6.93. The van der Waals surface area contributed by atoms with Crippen molar-refractivity contribution in [3.05, 3.63) is 29.6 Å². The van der Waals surface area contributed by atoms with Crippen LogP contribution in [0.1, 0.15) is 30.7 Å². The molecule has 0 heterocycles. The monoisotopic (exact) mass is 165 g/mol. The molecule has 1 aromatic carbocycles. The fourth-order valence-corrected chi connectivity index (χ4v) is 1.56. The number of hydrogen-bond acceptors (Lipinski definition) is 1.